The van der Waals surface area contributed by atoms with Crippen molar-refractivity contribution in [2.24, 2.45) is 0 Å². The highest BCUT2D eigenvalue weighted by atomic mass is 16.4. The van der Waals surface area contributed by atoms with E-state index in [2.05, 4.69) is 20.0 Å². The van der Waals surface area contributed by atoms with Crippen LogP contribution in [-0.4, -0.2) is 33.2 Å². The highest BCUT2D eigenvalue weighted by Crippen LogP contribution is 2.18. The number of hydrogen-bond donors (Lipinski definition) is 2. The summed E-state index contributed by atoms with van der Waals surface area (Å²) < 4.78 is 5.34. The third kappa shape index (κ3) is 3.17. The summed E-state index contributed by atoms with van der Waals surface area (Å²) in [6.45, 7) is 7.81. The Kier molecular flexibility index (Phi) is 4.08. The number of hydrogen-bond acceptors (Lipinski definition) is 2. The quantitative estimate of drug-likeness (QED) is 0.731. The molecule has 0 spiro atoms. The van der Waals surface area contributed by atoms with Crippen LogP contribution in [0.25, 0.3) is 11.0 Å². The molecule has 1 aliphatic rings. The van der Waals surface area contributed by atoms with Crippen LogP contribution in [0.15, 0.2) is 33.5 Å². The molecule has 21 heavy (non-hydrogen) atoms. The summed E-state index contributed by atoms with van der Waals surface area (Å²) >= 11 is 0. The number of nitrogens with one attached hydrogen (secondary N) is 2. The summed E-state index contributed by atoms with van der Waals surface area (Å²) in [5, 5.41) is 1.10. The number of likely N-dealkylation sites (N-methyl/N-ethyl adjacent to an activating group) is 1. The first kappa shape index (κ1) is 14.3. The molecule has 0 aliphatic carbocycles. The molecule has 0 amide bonds. The first-order valence-electron chi connectivity index (χ1n) is 7.86. The van der Waals surface area contributed by atoms with Gasteiger partial charge in [-0.3, -0.25) is 0 Å². The van der Waals surface area contributed by atoms with Gasteiger partial charge in [0, 0.05) is 17.0 Å². The Labute approximate surface area is 125 Å². The molecule has 1 aromatic heterocycles. The van der Waals surface area contributed by atoms with E-state index in [1.165, 1.54) is 31.7 Å². The van der Waals surface area contributed by atoms with Gasteiger partial charge in [-0.1, -0.05) is 13.0 Å². The topological polar surface area (TPSA) is 39.1 Å². The lowest BCUT2D eigenvalue weighted by atomic mass is 10.0. The molecule has 0 unspecified atom stereocenters. The molecule has 1 fully saturated rings. The van der Waals surface area contributed by atoms with Crippen molar-refractivity contribution in [3.8, 4) is 0 Å². The fourth-order valence-corrected chi connectivity index (χ4v) is 3.12. The van der Waals surface area contributed by atoms with E-state index in [-0.39, 0.29) is 5.63 Å². The molecule has 2 aromatic rings. The van der Waals surface area contributed by atoms with E-state index in [1.54, 1.807) is 15.9 Å². The Morgan fingerprint density at radius 3 is 2.62 bits per heavy atom. The van der Waals surface area contributed by atoms with Gasteiger partial charge < -0.3 is 14.2 Å². The van der Waals surface area contributed by atoms with Gasteiger partial charge in [0.05, 0.1) is 7.05 Å². The van der Waals surface area contributed by atoms with Gasteiger partial charge in [-0.15, -0.1) is 0 Å². The fourth-order valence-electron chi connectivity index (χ4n) is 3.12. The van der Waals surface area contributed by atoms with Crippen molar-refractivity contribution < 1.29 is 14.2 Å². The molecule has 1 saturated heterocycles. The van der Waals surface area contributed by atoms with Crippen LogP contribution in [0.1, 0.15) is 18.1 Å². The molecular weight excluding hydrogens is 264 g/mol. The summed E-state index contributed by atoms with van der Waals surface area (Å²) in [4.78, 5) is 14.9. The van der Waals surface area contributed by atoms with Crippen molar-refractivity contribution in [2.75, 3.05) is 33.2 Å². The SMILES string of the molecule is CCc1ccc2oc(=O)cc(C[NH+]3CC[NH+](C)CC3)c2c1. The van der Waals surface area contributed by atoms with E-state index in [1.807, 2.05) is 12.1 Å². The van der Waals surface area contributed by atoms with Gasteiger partial charge in [0.15, 0.2) is 0 Å². The smallest absolute Gasteiger partial charge is 0.336 e. The van der Waals surface area contributed by atoms with E-state index < -0.39 is 0 Å². The van der Waals surface area contributed by atoms with Crippen molar-refractivity contribution in [3.05, 3.63) is 45.8 Å². The molecular formula is C17H24N2O2+2. The van der Waals surface area contributed by atoms with Gasteiger partial charge in [-0.2, -0.15) is 0 Å². The number of benzene rings is 1. The molecule has 4 nitrogen and oxygen atoms in total. The average molecular weight is 288 g/mol. The van der Waals surface area contributed by atoms with Crippen LogP contribution in [0.4, 0.5) is 0 Å². The van der Waals surface area contributed by atoms with Crippen LogP contribution in [0.3, 0.4) is 0 Å². The van der Waals surface area contributed by atoms with Gasteiger partial charge >= 0.3 is 5.63 Å². The Morgan fingerprint density at radius 1 is 1.14 bits per heavy atom. The normalized spacial score (nSPS) is 22.6. The Balaban J connectivity index is 1.94. The minimum Gasteiger partial charge on any atom is -0.423 e. The molecule has 1 aromatic carbocycles. The minimum absolute atomic E-state index is 0.235. The molecule has 4 heteroatoms. The molecule has 112 valence electrons. The maximum atomic E-state index is 11.8. The van der Waals surface area contributed by atoms with E-state index in [0.717, 1.165) is 23.9 Å². The first-order valence-corrected chi connectivity index (χ1v) is 7.86. The van der Waals surface area contributed by atoms with Crippen LogP contribution in [0.2, 0.25) is 0 Å². The van der Waals surface area contributed by atoms with E-state index in [4.69, 9.17) is 4.42 Å². The van der Waals surface area contributed by atoms with Crippen LogP contribution in [0, 0.1) is 0 Å². The zero-order valence-electron chi connectivity index (χ0n) is 12.9. The summed E-state index contributed by atoms with van der Waals surface area (Å²) in [5.74, 6) is 0. The second-order valence-electron chi connectivity index (χ2n) is 6.16. The monoisotopic (exact) mass is 288 g/mol. The fraction of sp³-hybridized carbons (Fsp3) is 0.471. The van der Waals surface area contributed by atoms with Gasteiger partial charge in [-0.05, 0) is 24.1 Å². The molecule has 2 heterocycles. The third-order valence-corrected chi connectivity index (χ3v) is 4.55. The lowest BCUT2D eigenvalue weighted by Crippen LogP contribution is -3.26. The largest absolute Gasteiger partial charge is 0.423 e. The molecule has 0 bridgehead atoms. The Hall–Kier alpha value is -1.65. The molecule has 3 rings (SSSR count). The summed E-state index contributed by atoms with van der Waals surface area (Å²) in [6, 6.07) is 7.83. The maximum Gasteiger partial charge on any atom is 0.336 e. The van der Waals surface area contributed by atoms with Crippen LogP contribution >= 0.6 is 0 Å². The van der Waals surface area contributed by atoms with E-state index >= 15 is 0 Å². The van der Waals surface area contributed by atoms with Crippen molar-refractivity contribution >= 4 is 11.0 Å². The van der Waals surface area contributed by atoms with Gasteiger partial charge in [0.1, 0.15) is 38.3 Å². The zero-order chi connectivity index (χ0) is 14.8. The second kappa shape index (κ2) is 6.00. The van der Waals surface area contributed by atoms with E-state index in [0.29, 0.717) is 5.58 Å². The Morgan fingerprint density at radius 2 is 1.90 bits per heavy atom. The predicted molar refractivity (Wildman–Crippen MR) is 82.9 cm³/mol. The van der Waals surface area contributed by atoms with Crippen LogP contribution < -0.4 is 15.4 Å². The molecule has 1 aliphatic heterocycles. The van der Waals surface area contributed by atoms with Gasteiger partial charge in [-0.25, -0.2) is 4.79 Å². The summed E-state index contributed by atoms with van der Waals surface area (Å²) in [7, 11) is 2.25. The Bertz CT molecular complexity index is 685. The molecule has 0 atom stereocenters. The number of rotatable bonds is 3. The van der Waals surface area contributed by atoms with Crippen molar-refractivity contribution in [1.82, 2.24) is 0 Å². The number of piperazine rings is 1. The highest BCUT2D eigenvalue weighted by molar-refractivity contribution is 5.80. The van der Waals surface area contributed by atoms with Crippen molar-refractivity contribution in [1.29, 1.82) is 0 Å². The van der Waals surface area contributed by atoms with Crippen LogP contribution in [-0.2, 0) is 13.0 Å². The minimum atomic E-state index is -0.235. The third-order valence-electron chi connectivity index (χ3n) is 4.55. The number of quaternary nitrogens is 2. The average Bonchev–Trinajstić information content (AvgIpc) is 2.49. The highest BCUT2D eigenvalue weighted by Gasteiger charge is 2.21. The number of aryl methyl sites for hydroxylation is 1. The second-order valence-corrected chi connectivity index (χ2v) is 6.16. The molecule has 0 saturated carbocycles. The molecule has 2 N–H and O–H groups in total. The standard InChI is InChI=1S/C17H22N2O2/c1-3-13-4-5-16-15(10-13)14(11-17(20)21-16)12-19-8-6-18(2)7-9-19/h4-5,10-11H,3,6-9,12H2,1-2H3/p+2. The van der Waals surface area contributed by atoms with Gasteiger partial charge in [0.2, 0.25) is 0 Å². The summed E-state index contributed by atoms with van der Waals surface area (Å²) in [5.41, 5.74) is 2.90. The maximum absolute atomic E-state index is 11.8. The first-order chi connectivity index (χ1) is 10.2. The zero-order valence-corrected chi connectivity index (χ0v) is 12.9. The van der Waals surface area contributed by atoms with Gasteiger partial charge in [0.25, 0.3) is 0 Å². The van der Waals surface area contributed by atoms with Crippen molar-refractivity contribution in [2.45, 2.75) is 19.9 Å². The molecule has 0 radical (unpaired) electrons. The number of fused-ring (bicyclic) bond motifs is 1. The lowest BCUT2D eigenvalue weighted by Gasteiger charge is -2.27. The lowest BCUT2D eigenvalue weighted by molar-refractivity contribution is -1.01. The van der Waals surface area contributed by atoms with Crippen LogP contribution in [0.5, 0.6) is 0 Å². The summed E-state index contributed by atoms with van der Waals surface area (Å²) in [6.07, 6.45) is 0.999. The van der Waals surface area contributed by atoms with E-state index in [9.17, 15) is 4.79 Å². The van der Waals surface area contributed by atoms with Crippen molar-refractivity contribution in [3.63, 3.8) is 0 Å². The predicted octanol–water partition coefficient (Wildman–Crippen LogP) is -0.731.